The van der Waals surface area contributed by atoms with E-state index in [4.69, 9.17) is 4.42 Å². The highest BCUT2D eigenvalue weighted by atomic mass is 19.1. The minimum absolute atomic E-state index is 0.209. The Labute approximate surface area is 94.1 Å². The van der Waals surface area contributed by atoms with Crippen molar-refractivity contribution in [1.29, 1.82) is 0 Å². The van der Waals surface area contributed by atoms with Crippen molar-refractivity contribution in [3.05, 3.63) is 59.3 Å². The largest absolute Gasteiger partial charge is 0.464 e. The SMILES string of the molecule is CNCc1ccc(Cc2ccc(F)cc2)o1. The summed E-state index contributed by atoms with van der Waals surface area (Å²) in [6, 6.07) is 10.4. The summed E-state index contributed by atoms with van der Waals surface area (Å²) in [5.41, 5.74) is 1.05. The third-order valence-electron chi connectivity index (χ3n) is 2.36. The van der Waals surface area contributed by atoms with Crippen molar-refractivity contribution in [1.82, 2.24) is 5.32 Å². The highest BCUT2D eigenvalue weighted by Crippen LogP contribution is 2.13. The van der Waals surface area contributed by atoms with Gasteiger partial charge in [-0.2, -0.15) is 0 Å². The van der Waals surface area contributed by atoms with Crippen LogP contribution in [0.25, 0.3) is 0 Å². The van der Waals surface area contributed by atoms with E-state index in [2.05, 4.69) is 5.32 Å². The van der Waals surface area contributed by atoms with Gasteiger partial charge >= 0.3 is 0 Å². The highest BCUT2D eigenvalue weighted by molar-refractivity contribution is 5.22. The number of rotatable bonds is 4. The predicted octanol–water partition coefficient (Wildman–Crippen LogP) is 2.73. The fraction of sp³-hybridized carbons (Fsp3) is 0.231. The topological polar surface area (TPSA) is 25.2 Å². The van der Waals surface area contributed by atoms with Crippen molar-refractivity contribution in [2.24, 2.45) is 0 Å². The molecule has 2 nitrogen and oxygen atoms in total. The van der Waals surface area contributed by atoms with E-state index >= 15 is 0 Å². The van der Waals surface area contributed by atoms with Gasteiger partial charge in [0.15, 0.2) is 0 Å². The van der Waals surface area contributed by atoms with Crippen molar-refractivity contribution >= 4 is 0 Å². The first kappa shape index (κ1) is 10.9. The zero-order valence-electron chi connectivity index (χ0n) is 9.16. The molecule has 3 heteroatoms. The average Bonchev–Trinajstić information content (AvgIpc) is 2.70. The molecule has 0 fully saturated rings. The third-order valence-corrected chi connectivity index (χ3v) is 2.36. The quantitative estimate of drug-likeness (QED) is 0.855. The summed E-state index contributed by atoms with van der Waals surface area (Å²) in [6.07, 6.45) is 0.698. The molecule has 84 valence electrons. The van der Waals surface area contributed by atoms with Gasteiger partial charge in [0.25, 0.3) is 0 Å². The lowest BCUT2D eigenvalue weighted by molar-refractivity contribution is 0.462. The Bertz CT molecular complexity index is 447. The highest BCUT2D eigenvalue weighted by Gasteiger charge is 2.02. The van der Waals surface area contributed by atoms with Crippen molar-refractivity contribution in [3.63, 3.8) is 0 Å². The molecular weight excluding hydrogens is 205 g/mol. The van der Waals surface area contributed by atoms with Crippen LogP contribution < -0.4 is 5.32 Å². The molecule has 0 amide bonds. The number of nitrogens with one attached hydrogen (secondary N) is 1. The first-order chi connectivity index (χ1) is 7.78. The first-order valence-electron chi connectivity index (χ1n) is 5.24. The van der Waals surface area contributed by atoms with Crippen molar-refractivity contribution < 1.29 is 8.81 Å². The zero-order valence-corrected chi connectivity index (χ0v) is 9.16. The second kappa shape index (κ2) is 4.94. The average molecular weight is 219 g/mol. The van der Waals surface area contributed by atoms with Gasteiger partial charge in [-0.05, 0) is 36.9 Å². The summed E-state index contributed by atoms with van der Waals surface area (Å²) >= 11 is 0. The van der Waals surface area contributed by atoms with Gasteiger partial charge in [0.05, 0.1) is 6.54 Å². The van der Waals surface area contributed by atoms with Gasteiger partial charge in [-0.25, -0.2) is 4.39 Å². The molecular formula is C13H14FNO. The maximum Gasteiger partial charge on any atom is 0.123 e. The lowest BCUT2D eigenvalue weighted by atomic mass is 10.1. The molecule has 0 radical (unpaired) electrons. The molecule has 1 aromatic heterocycles. The lowest BCUT2D eigenvalue weighted by Crippen LogP contribution is -2.03. The minimum Gasteiger partial charge on any atom is -0.464 e. The molecule has 0 aliphatic rings. The second-order valence-electron chi connectivity index (χ2n) is 3.70. The molecule has 1 heterocycles. The van der Waals surface area contributed by atoms with Gasteiger partial charge in [0.2, 0.25) is 0 Å². The summed E-state index contributed by atoms with van der Waals surface area (Å²) in [4.78, 5) is 0. The van der Waals surface area contributed by atoms with E-state index in [1.54, 1.807) is 12.1 Å². The Morgan fingerprint density at radius 3 is 2.44 bits per heavy atom. The maximum absolute atomic E-state index is 12.7. The Morgan fingerprint density at radius 1 is 1.06 bits per heavy atom. The summed E-state index contributed by atoms with van der Waals surface area (Å²) in [5.74, 6) is 1.61. The van der Waals surface area contributed by atoms with Crippen LogP contribution in [-0.2, 0) is 13.0 Å². The molecule has 1 N–H and O–H groups in total. The third kappa shape index (κ3) is 2.70. The number of hydrogen-bond acceptors (Lipinski definition) is 2. The normalized spacial score (nSPS) is 10.6. The number of halogens is 1. The molecule has 16 heavy (non-hydrogen) atoms. The standard InChI is InChI=1S/C13H14FNO/c1-15-9-13-7-6-12(16-13)8-10-2-4-11(14)5-3-10/h2-7,15H,8-9H2,1H3. The predicted molar refractivity (Wildman–Crippen MR) is 60.7 cm³/mol. The van der Waals surface area contributed by atoms with E-state index in [9.17, 15) is 4.39 Å². The molecule has 0 saturated carbocycles. The first-order valence-corrected chi connectivity index (χ1v) is 5.24. The van der Waals surface area contributed by atoms with E-state index in [0.29, 0.717) is 6.42 Å². The Morgan fingerprint density at radius 2 is 1.75 bits per heavy atom. The van der Waals surface area contributed by atoms with Gasteiger partial charge in [-0.1, -0.05) is 12.1 Å². The van der Waals surface area contributed by atoms with Crippen LogP contribution in [0, 0.1) is 5.82 Å². The summed E-state index contributed by atoms with van der Waals surface area (Å²) in [6.45, 7) is 0.726. The van der Waals surface area contributed by atoms with E-state index in [0.717, 1.165) is 23.6 Å². The monoisotopic (exact) mass is 219 g/mol. The molecule has 0 unspecified atom stereocenters. The zero-order chi connectivity index (χ0) is 11.4. The van der Waals surface area contributed by atoms with E-state index in [-0.39, 0.29) is 5.82 Å². The Balaban J connectivity index is 2.05. The van der Waals surface area contributed by atoms with Crippen LogP contribution in [0.3, 0.4) is 0 Å². The summed E-state index contributed by atoms with van der Waals surface area (Å²) in [5, 5.41) is 3.03. The Hall–Kier alpha value is -1.61. The van der Waals surface area contributed by atoms with Gasteiger partial charge in [-0.15, -0.1) is 0 Å². The number of benzene rings is 1. The van der Waals surface area contributed by atoms with Crippen LogP contribution in [-0.4, -0.2) is 7.05 Å². The molecule has 0 atom stereocenters. The molecule has 0 spiro atoms. The Kier molecular flexibility index (Phi) is 3.37. The van der Waals surface area contributed by atoms with Crippen LogP contribution >= 0.6 is 0 Å². The molecule has 1 aromatic carbocycles. The number of furan rings is 1. The summed E-state index contributed by atoms with van der Waals surface area (Å²) < 4.78 is 18.3. The second-order valence-corrected chi connectivity index (χ2v) is 3.70. The van der Waals surface area contributed by atoms with Gasteiger partial charge in [0.1, 0.15) is 17.3 Å². The molecule has 2 rings (SSSR count). The van der Waals surface area contributed by atoms with Crippen LogP contribution in [0.5, 0.6) is 0 Å². The molecule has 0 bridgehead atoms. The fourth-order valence-electron chi connectivity index (χ4n) is 1.59. The van der Waals surface area contributed by atoms with Crippen LogP contribution in [0.1, 0.15) is 17.1 Å². The van der Waals surface area contributed by atoms with Crippen molar-refractivity contribution in [2.45, 2.75) is 13.0 Å². The van der Waals surface area contributed by atoms with Crippen molar-refractivity contribution in [3.8, 4) is 0 Å². The van der Waals surface area contributed by atoms with Gasteiger partial charge in [0, 0.05) is 6.42 Å². The molecule has 0 aliphatic carbocycles. The van der Waals surface area contributed by atoms with Gasteiger partial charge < -0.3 is 9.73 Å². The van der Waals surface area contributed by atoms with Crippen LogP contribution in [0.4, 0.5) is 4.39 Å². The van der Waals surface area contributed by atoms with Crippen LogP contribution in [0.2, 0.25) is 0 Å². The van der Waals surface area contributed by atoms with E-state index in [1.165, 1.54) is 12.1 Å². The fourth-order valence-corrected chi connectivity index (χ4v) is 1.59. The molecule has 2 aromatic rings. The smallest absolute Gasteiger partial charge is 0.123 e. The van der Waals surface area contributed by atoms with Crippen LogP contribution in [0.15, 0.2) is 40.8 Å². The lowest BCUT2D eigenvalue weighted by Gasteiger charge is -1.98. The van der Waals surface area contributed by atoms with E-state index in [1.807, 2.05) is 19.2 Å². The summed E-state index contributed by atoms with van der Waals surface area (Å²) in [7, 11) is 1.88. The minimum atomic E-state index is -0.209. The molecule has 0 aliphatic heterocycles. The maximum atomic E-state index is 12.7. The van der Waals surface area contributed by atoms with E-state index < -0.39 is 0 Å². The van der Waals surface area contributed by atoms with Gasteiger partial charge in [-0.3, -0.25) is 0 Å². The number of hydrogen-bond donors (Lipinski definition) is 1. The van der Waals surface area contributed by atoms with Crippen molar-refractivity contribution in [2.75, 3.05) is 7.05 Å². The molecule has 0 saturated heterocycles.